The minimum Gasteiger partial charge on any atom is -0.330 e. The Morgan fingerprint density at radius 3 is 3.00 bits per heavy atom. The van der Waals surface area contributed by atoms with Crippen molar-refractivity contribution >= 4 is 11.6 Å². The molecule has 0 bridgehead atoms. The van der Waals surface area contributed by atoms with Crippen molar-refractivity contribution in [3.63, 3.8) is 0 Å². The lowest BCUT2D eigenvalue weighted by atomic mass is 10.2. The van der Waals surface area contributed by atoms with Gasteiger partial charge in [0.2, 0.25) is 0 Å². The fourth-order valence-electron chi connectivity index (χ4n) is 1.69. The molecule has 0 aliphatic heterocycles. The second-order valence-corrected chi connectivity index (χ2v) is 4.15. The number of benzene rings is 1. The molecule has 17 heavy (non-hydrogen) atoms. The first-order valence-corrected chi connectivity index (χ1v) is 5.72. The van der Waals surface area contributed by atoms with Crippen molar-refractivity contribution < 1.29 is 4.39 Å². The summed E-state index contributed by atoms with van der Waals surface area (Å²) in [5.41, 5.74) is 6.24. The molecule has 0 fully saturated rings. The van der Waals surface area contributed by atoms with Gasteiger partial charge in [-0.05, 0) is 30.3 Å². The first-order valence-electron chi connectivity index (χ1n) is 5.34. The molecule has 0 radical (unpaired) electrons. The van der Waals surface area contributed by atoms with Crippen LogP contribution in [0.1, 0.15) is 11.4 Å². The lowest BCUT2D eigenvalue weighted by Gasteiger charge is -2.09. The van der Waals surface area contributed by atoms with Crippen LogP contribution >= 0.6 is 11.6 Å². The van der Waals surface area contributed by atoms with Crippen molar-refractivity contribution in [2.45, 2.75) is 13.0 Å². The number of aromatic nitrogens is 2. The first kappa shape index (κ1) is 12.1. The summed E-state index contributed by atoms with van der Waals surface area (Å²) >= 11 is 6.02. The van der Waals surface area contributed by atoms with Gasteiger partial charge in [-0.15, -0.1) is 0 Å². The number of hydrogen-bond acceptors (Lipinski definition) is 2. The summed E-state index contributed by atoms with van der Waals surface area (Å²) in [7, 11) is 0. The highest BCUT2D eigenvalue weighted by Gasteiger charge is 2.06. The van der Waals surface area contributed by atoms with E-state index in [4.69, 9.17) is 17.3 Å². The standard InChI is InChI=1S/C12H13ClFN3/c13-11-2-1-10(14)7-9(11)8-17-6-5-16-12(17)3-4-15/h1-2,5-7H,3-4,8,15H2. The molecule has 0 spiro atoms. The van der Waals surface area contributed by atoms with Gasteiger partial charge in [-0.1, -0.05) is 11.6 Å². The lowest BCUT2D eigenvalue weighted by Crippen LogP contribution is -2.10. The van der Waals surface area contributed by atoms with Gasteiger partial charge in [0.15, 0.2) is 0 Å². The maximum absolute atomic E-state index is 13.1. The van der Waals surface area contributed by atoms with Crippen LogP contribution in [0.25, 0.3) is 0 Å². The summed E-state index contributed by atoms with van der Waals surface area (Å²) in [5.74, 6) is 0.595. The van der Waals surface area contributed by atoms with Crippen molar-refractivity contribution in [3.05, 3.63) is 52.8 Å². The molecule has 1 heterocycles. The Hall–Kier alpha value is -1.39. The average Bonchev–Trinajstić information content (AvgIpc) is 2.72. The highest BCUT2D eigenvalue weighted by atomic mass is 35.5. The van der Waals surface area contributed by atoms with Crippen LogP contribution in [0.5, 0.6) is 0 Å². The predicted octanol–water partition coefficient (Wildman–Crippen LogP) is 2.23. The molecule has 1 aromatic carbocycles. The van der Waals surface area contributed by atoms with Crippen LogP contribution in [-0.2, 0) is 13.0 Å². The molecule has 0 aliphatic carbocycles. The fourth-order valence-corrected chi connectivity index (χ4v) is 1.87. The molecule has 2 N–H and O–H groups in total. The van der Waals surface area contributed by atoms with Gasteiger partial charge in [0.25, 0.3) is 0 Å². The van der Waals surface area contributed by atoms with Gasteiger partial charge in [-0.3, -0.25) is 0 Å². The predicted molar refractivity (Wildman–Crippen MR) is 65.5 cm³/mol. The summed E-state index contributed by atoms with van der Waals surface area (Å²) in [4.78, 5) is 4.20. The van der Waals surface area contributed by atoms with Crippen LogP contribution < -0.4 is 5.73 Å². The number of halogens is 2. The van der Waals surface area contributed by atoms with E-state index in [1.807, 2.05) is 10.8 Å². The van der Waals surface area contributed by atoms with Gasteiger partial charge in [0, 0.05) is 23.8 Å². The minimum absolute atomic E-state index is 0.287. The summed E-state index contributed by atoms with van der Waals surface area (Å²) < 4.78 is 15.0. The maximum Gasteiger partial charge on any atom is 0.123 e. The van der Waals surface area contributed by atoms with Crippen molar-refractivity contribution in [1.82, 2.24) is 9.55 Å². The number of rotatable bonds is 4. The smallest absolute Gasteiger partial charge is 0.123 e. The van der Waals surface area contributed by atoms with Gasteiger partial charge in [0.1, 0.15) is 11.6 Å². The Labute approximate surface area is 104 Å². The third-order valence-corrected chi connectivity index (χ3v) is 2.89. The molecular weight excluding hydrogens is 241 g/mol. The molecular formula is C12H13ClFN3. The second-order valence-electron chi connectivity index (χ2n) is 3.75. The molecule has 2 rings (SSSR count). The minimum atomic E-state index is -0.287. The quantitative estimate of drug-likeness (QED) is 0.908. The number of nitrogens with two attached hydrogens (primary N) is 1. The largest absolute Gasteiger partial charge is 0.330 e. The first-order chi connectivity index (χ1) is 8.20. The van der Waals surface area contributed by atoms with E-state index >= 15 is 0 Å². The van der Waals surface area contributed by atoms with Crippen LogP contribution in [0.3, 0.4) is 0 Å². The molecule has 0 unspecified atom stereocenters. The highest BCUT2D eigenvalue weighted by molar-refractivity contribution is 6.31. The van der Waals surface area contributed by atoms with Gasteiger partial charge < -0.3 is 10.3 Å². The third kappa shape index (κ3) is 2.84. The SMILES string of the molecule is NCCc1nccn1Cc1cc(F)ccc1Cl. The zero-order chi connectivity index (χ0) is 12.3. The number of imidazole rings is 1. The Kier molecular flexibility index (Phi) is 3.76. The Morgan fingerprint density at radius 1 is 1.41 bits per heavy atom. The van der Waals surface area contributed by atoms with Gasteiger partial charge >= 0.3 is 0 Å². The Balaban J connectivity index is 2.25. The number of nitrogens with zero attached hydrogens (tertiary/aromatic N) is 2. The summed E-state index contributed by atoms with van der Waals surface area (Å²) in [6.07, 6.45) is 4.24. The van der Waals surface area contributed by atoms with E-state index in [2.05, 4.69) is 4.98 Å². The fraction of sp³-hybridized carbons (Fsp3) is 0.250. The Bertz CT molecular complexity index is 510. The molecule has 3 nitrogen and oxygen atoms in total. The number of hydrogen-bond donors (Lipinski definition) is 1. The zero-order valence-corrected chi connectivity index (χ0v) is 9.99. The molecule has 0 atom stereocenters. The average molecular weight is 254 g/mol. The molecule has 2 aromatic rings. The monoisotopic (exact) mass is 253 g/mol. The zero-order valence-electron chi connectivity index (χ0n) is 9.24. The van der Waals surface area contributed by atoms with E-state index in [1.165, 1.54) is 12.1 Å². The third-order valence-electron chi connectivity index (χ3n) is 2.52. The van der Waals surface area contributed by atoms with Crippen molar-refractivity contribution in [2.24, 2.45) is 5.73 Å². The van der Waals surface area contributed by atoms with Gasteiger partial charge in [-0.25, -0.2) is 9.37 Å². The van der Waals surface area contributed by atoms with Gasteiger partial charge in [-0.2, -0.15) is 0 Å². The molecule has 1 aromatic heterocycles. The van der Waals surface area contributed by atoms with E-state index < -0.39 is 0 Å². The van der Waals surface area contributed by atoms with Crippen molar-refractivity contribution in [2.75, 3.05) is 6.54 Å². The second kappa shape index (κ2) is 5.29. The highest BCUT2D eigenvalue weighted by Crippen LogP contribution is 2.18. The van der Waals surface area contributed by atoms with Crippen molar-refractivity contribution in [1.29, 1.82) is 0 Å². The van der Waals surface area contributed by atoms with Crippen LogP contribution in [0.2, 0.25) is 5.02 Å². The van der Waals surface area contributed by atoms with E-state index in [-0.39, 0.29) is 5.82 Å². The molecule has 0 aliphatic rings. The topological polar surface area (TPSA) is 43.8 Å². The summed E-state index contributed by atoms with van der Waals surface area (Å²) in [5, 5.41) is 0.554. The van der Waals surface area contributed by atoms with Crippen LogP contribution in [0.4, 0.5) is 4.39 Å². The molecule has 90 valence electrons. The molecule has 0 saturated heterocycles. The van der Waals surface area contributed by atoms with E-state index in [0.29, 0.717) is 24.5 Å². The van der Waals surface area contributed by atoms with E-state index in [9.17, 15) is 4.39 Å². The maximum atomic E-state index is 13.1. The van der Waals surface area contributed by atoms with E-state index in [0.717, 1.165) is 11.4 Å². The molecule has 5 heteroatoms. The van der Waals surface area contributed by atoms with Crippen molar-refractivity contribution in [3.8, 4) is 0 Å². The summed E-state index contributed by atoms with van der Waals surface area (Å²) in [6.45, 7) is 1.04. The Morgan fingerprint density at radius 2 is 2.24 bits per heavy atom. The summed E-state index contributed by atoms with van der Waals surface area (Å²) in [6, 6.07) is 4.35. The van der Waals surface area contributed by atoms with E-state index in [1.54, 1.807) is 12.3 Å². The van der Waals surface area contributed by atoms with Crippen LogP contribution in [0, 0.1) is 5.82 Å². The van der Waals surface area contributed by atoms with Gasteiger partial charge in [0.05, 0.1) is 6.54 Å². The molecule has 0 amide bonds. The molecule has 0 saturated carbocycles. The normalized spacial score (nSPS) is 10.8. The van der Waals surface area contributed by atoms with Crippen LogP contribution in [-0.4, -0.2) is 16.1 Å². The lowest BCUT2D eigenvalue weighted by molar-refractivity contribution is 0.622. The van der Waals surface area contributed by atoms with Crippen LogP contribution in [0.15, 0.2) is 30.6 Å².